The standard InChI is InChI=1S/C12H14O4/c1-14-10-5-3-2-4-9(10)12(13)11-8-15-6-7-16-11/h2-5,11H,6-8H2,1H3. The van der Waals surface area contributed by atoms with Gasteiger partial charge in [-0.25, -0.2) is 0 Å². The Bertz CT molecular complexity index is 369. The summed E-state index contributed by atoms with van der Waals surface area (Å²) in [5.74, 6) is 0.485. The van der Waals surface area contributed by atoms with Crippen molar-refractivity contribution in [1.82, 2.24) is 0 Å². The van der Waals surface area contributed by atoms with Gasteiger partial charge in [-0.05, 0) is 12.1 Å². The minimum Gasteiger partial charge on any atom is -0.496 e. The van der Waals surface area contributed by atoms with Gasteiger partial charge in [-0.1, -0.05) is 12.1 Å². The number of rotatable bonds is 3. The molecule has 1 aliphatic heterocycles. The fourth-order valence-corrected chi connectivity index (χ4v) is 1.66. The van der Waals surface area contributed by atoms with E-state index in [4.69, 9.17) is 14.2 Å². The Morgan fingerprint density at radius 1 is 1.38 bits per heavy atom. The Morgan fingerprint density at radius 3 is 2.88 bits per heavy atom. The maximum Gasteiger partial charge on any atom is 0.197 e. The van der Waals surface area contributed by atoms with Gasteiger partial charge in [-0.3, -0.25) is 4.79 Å². The number of para-hydroxylation sites is 1. The molecule has 0 amide bonds. The molecule has 1 heterocycles. The molecule has 1 atom stereocenters. The molecular formula is C12H14O4. The van der Waals surface area contributed by atoms with Crippen molar-refractivity contribution in [3.05, 3.63) is 29.8 Å². The van der Waals surface area contributed by atoms with Gasteiger partial charge in [-0.2, -0.15) is 0 Å². The van der Waals surface area contributed by atoms with Gasteiger partial charge in [0.1, 0.15) is 11.9 Å². The second kappa shape index (κ2) is 5.09. The van der Waals surface area contributed by atoms with E-state index in [2.05, 4.69) is 0 Å². The van der Waals surface area contributed by atoms with Gasteiger partial charge in [-0.15, -0.1) is 0 Å². The predicted molar refractivity (Wildman–Crippen MR) is 57.9 cm³/mol. The largest absolute Gasteiger partial charge is 0.496 e. The molecule has 0 bridgehead atoms. The molecule has 1 unspecified atom stereocenters. The number of Topliss-reactive ketones (excluding diaryl/α,β-unsaturated/α-hetero) is 1. The lowest BCUT2D eigenvalue weighted by atomic mass is 10.1. The van der Waals surface area contributed by atoms with Gasteiger partial charge in [0, 0.05) is 0 Å². The zero-order chi connectivity index (χ0) is 11.4. The fourth-order valence-electron chi connectivity index (χ4n) is 1.66. The van der Waals surface area contributed by atoms with Crippen LogP contribution in [0.2, 0.25) is 0 Å². The van der Waals surface area contributed by atoms with E-state index in [9.17, 15) is 4.79 Å². The molecule has 1 fully saturated rings. The smallest absolute Gasteiger partial charge is 0.197 e. The summed E-state index contributed by atoms with van der Waals surface area (Å²) in [4.78, 5) is 12.1. The van der Waals surface area contributed by atoms with Gasteiger partial charge >= 0.3 is 0 Å². The predicted octanol–water partition coefficient (Wildman–Crippen LogP) is 1.29. The monoisotopic (exact) mass is 222 g/mol. The summed E-state index contributed by atoms with van der Waals surface area (Å²) in [6.45, 7) is 1.33. The van der Waals surface area contributed by atoms with E-state index in [0.717, 1.165) is 0 Å². The van der Waals surface area contributed by atoms with Crippen LogP contribution in [0, 0.1) is 0 Å². The van der Waals surface area contributed by atoms with E-state index < -0.39 is 6.10 Å². The molecule has 0 saturated carbocycles. The number of ketones is 1. The number of hydrogen-bond acceptors (Lipinski definition) is 4. The second-order valence-corrected chi connectivity index (χ2v) is 3.50. The maximum absolute atomic E-state index is 12.1. The average Bonchev–Trinajstić information content (AvgIpc) is 2.39. The first kappa shape index (κ1) is 11.1. The molecule has 16 heavy (non-hydrogen) atoms. The van der Waals surface area contributed by atoms with E-state index in [1.807, 2.05) is 6.07 Å². The minimum absolute atomic E-state index is 0.0860. The van der Waals surface area contributed by atoms with Gasteiger partial charge in [0.05, 0.1) is 32.5 Å². The van der Waals surface area contributed by atoms with Crippen molar-refractivity contribution in [2.75, 3.05) is 26.9 Å². The highest BCUT2D eigenvalue weighted by Crippen LogP contribution is 2.20. The lowest BCUT2D eigenvalue weighted by Crippen LogP contribution is -2.35. The zero-order valence-electron chi connectivity index (χ0n) is 9.14. The van der Waals surface area contributed by atoms with Crippen LogP contribution in [0.25, 0.3) is 0 Å². The van der Waals surface area contributed by atoms with Crippen LogP contribution < -0.4 is 4.74 Å². The Balaban J connectivity index is 2.19. The molecule has 2 rings (SSSR count). The molecule has 4 nitrogen and oxygen atoms in total. The molecule has 1 aromatic carbocycles. The van der Waals surface area contributed by atoms with Crippen molar-refractivity contribution in [1.29, 1.82) is 0 Å². The third-order valence-corrected chi connectivity index (χ3v) is 2.48. The third kappa shape index (κ3) is 2.23. The van der Waals surface area contributed by atoms with E-state index in [1.54, 1.807) is 25.3 Å². The Kier molecular flexibility index (Phi) is 3.54. The maximum atomic E-state index is 12.1. The SMILES string of the molecule is COc1ccccc1C(=O)C1COCCO1. The van der Waals surface area contributed by atoms with Crippen LogP contribution in [-0.4, -0.2) is 38.8 Å². The first-order valence-electron chi connectivity index (χ1n) is 5.19. The molecule has 1 saturated heterocycles. The third-order valence-electron chi connectivity index (χ3n) is 2.48. The second-order valence-electron chi connectivity index (χ2n) is 3.50. The zero-order valence-corrected chi connectivity index (χ0v) is 9.14. The van der Waals surface area contributed by atoms with Crippen LogP contribution >= 0.6 is 0 Å². The Morgan fingerprint density at radius 2 is 2.19 bits per heavy atom. The van der Waals surface area contributed by atoms with E-state index >= 15 is 0 Å². The number of carbonyl (C=O) groups excluding carboxylic acids is 1. The lowest BCUT2D eigenvalue weighted by Gasteiger charge is -2.22. The highest BCUT2D eigenvalue weighted by Gasteiger charge is 2.25. The summed E-state index contributed by atoms with van der Waals surface area (Å²) in [7, 11) is 1.55. The van der Waals surface area contributed by atoms with Crippen molar-refractivity contribution >= 4 is 5.78 Å². The molecule has 0 aromatic heterocycles. The molecule has 0 radical (unpaired) electrons. The molecule has 1 aromatic rings. The number of benzene rings is 1. The van der Waals surface area contributed by atoms with Crippen molar-refractivity contribution < 1.29 is 19.0 Å². The first-order valence-corrected chi connectivity index (χ1v) is 5.19. The lowest BCUT2D eigenvalue weighted by molar-refractivity contribution is -0.0719. The van der Waals surface area contributed by atoms with Gasteiger partial charge in [0.2, 0.25) is 0 Å². The summed E-state index contributed by atoms with van der Waals surface area (Å²) >= 11 is 0. The number of methoxy groups -OCH3 is 1. The average molecular weight is 222 g/mol. The van der Waals surface area contributed by atoms with Crippen LogP contribution in [0.4, 0.5) is 0 Å². The van der Waals surface area contributed by atoms with Crippen molar-refractivity contribution in [2.24, 2.45) is 0 Å². The minimum atomic E-state index is -0.509. The molecule has 86 valence electrons. The highest BCUT2D eigenvalue weighted by atomic mass is 16.6. The summed E-state index contributed by atoms with van der Waals surface area (Å²) < 4.78 is 15.7. The van der Waals surface area contributed by atoms with Crippen LogP contribution in [0.3, 0.4) is 0 Å². The first-order chi connectivity index (χ1) is 7.83. The van der Waals surface area contributed by atoms with Crippen LogP contribution in [0.15, 0.2) is 24.3 Å². The van der Waals surface area contributed by atoms with Gasteiger partial charge in [0.25, 0.3) is 0 Å². The summed E-state index contributed by atoms with van der Waals surface area (Å²) in [6, 6.07) is 7.13. The fraction of sp³-hybridized carbons (Fsp3) is 0.417. The van der Waals surface area contributed by atoms with Crippen LogP contribution in [0.1, 0.15) is 10.4 Å². The summed E-state index contributed by atoms with van der Waals surface area (Å²) in [5, 5.41) is 0. The number of hydrogen-bond donors (Lipinski definition) is 0. The molecule has 0 N–H and O–H groups in total. The van der Waals surface area contributed by atoms with Gasteiger partial charge < -0.3 is 14.2 Å². The van der Waals surface area contributed by atoms with E-state index in [1.165, 1.54) is 0 Å². The molecule has 0 aliphatic carbocycles. The summed E-state index contributed by atoms with van der Waals surface area (Å²) in [5.41, 5.74) is 0.542. The molecule has 0 spiro atoms. The van der Waals surface area contributed by atoms with Crippen LogP contribution in [0.5, 0.6) is 5.75 Å². The summed E-state index contributed by atoms with van der Waals surface area (Å²) in [6.07, 6.45) is -0.509. The molecule has 1 aliphatic rings. The number of carbonyl (C=O) groups is 1. The Hall–Kier alpha value is -1.39. The molecule has 4 heteroatoms. The van der Waals surface area contributed by atoms with Gasteiger partial charge in [0.15, 0.2) is 5.78 Å². The van der Waals surface area contributed by atoms with Crippen molar-refractivity contribution in [2.45, 2.75) is 6.10 Å². The Labute approximate surface area is 94.1 Å². The highest BCUT2D eigenvalue weighted by molar-refractivity contribution is 6.01. The van der Waals surface area contributed by atoms with E-state index in [-0.39, 0.29) is 5.78 Å². The number of ether oxygens (including phenoxy) is 3. The quantitative estimate of drug-likeness (QED) is 0.723. The van der Waals surface area contributed by atoms with Crippen molar-refractivity contribution in [3.8, 4) is 5.75 Å². The van der Waals surface area contributed by atoms with E-state index in [0.29, 0.717) is 31.1 Å². The topological polar surface area (TPSA) is 44.8 Å². The van der Waals surface area contributed by atoms with Crippen molar-refractivity contribution in [3.63, 3.8) is 0 Å². The normalized spacial score (nSPS) is 20.4. The van der Waals surface area contributed by atoms with Crippen LogP contribution in [-0.2, 0) is 9.47 Å². The molecular weight excluding hydrogens is 208 g/mol.